The number of carbonyl (C=O) groups is 1. The van der Waals surface area contributed by atoms with Crippen molar-refractivity contribution < 1.29 is 13.2 Å². The van der Waals surface area contributed by atoms with E-state index >= 15 is 0 Å². The van der Waals surface area contributed by atoms with Gasteiger partial charge in [0.25, 0.3) is 0 Å². The minimum atomic E-state index is -3.61. The van der Waals surface area contributed by atoms with Gasteiger partial charge in [-0.3, -0.25) is 9.10 Å². The molecule has 5 nitrogen and oxygen atoms in total. The van der Waals surface area contributed by atoms with Crippen LogP contribution in [0.25, 0.3) is 0 Å². The molecule has 1 amide bonds. The molecular formula is C15H23ClN2O3S. The fourth-order valence-corrected chi connectivity index (χ4v) is 3.64. The van der Waals surface area contributed by atoms with Crippen molar-refractivity contribution in [3.8, 4) is 0 Å². The summed E-state index contributed by atoms with van der Waals surface area (Å²) >= 11 is 5.93. The third-order valence-electron chi connectivity index (χ3n) is 3.26. The monoisotopic (exact) mass is 346 g/mol. The van der Waals surface area contributed by atoms with Crippen LogP contribution in [0.5, 0.6) is 0 Å². The van der Waals surface area contributed by atoms with Crippen molar-refractivity contribution in [2.75, 3.05) is 10.6 Å². The molecule has 0 aliphatic heterocycles. The minimum Gasteiger partial charge on any atom is -0.352 e. The van der Waals surface area contributed by atoms with E-state index in [1.165, 1.54) is 6.07 Å². The summed E-state index contributed by atoms with van der Waals surface area (Å²) in [6.45, 7) is 5.50. The molecule has 0 saturated carbocycles. The van der Waals surface area contributed by atoms with Gasteiger partial charge in [0.1, 0.15) is 6.04 Å². The van der Waals surface area contributed by atoms with Gasteiger partial charge in [0.2, 0.25) is 15.9 Å². The van der Waals surface area contributed by atoms with E-state index in [-0.39, 0.29) is 11.9 Å². The predicted octanol–water partition coefficient (Wildman–Crippen LogP) is 2.80. The Balaban J connectivity index is 3.05. The zero-order chi connectivity index (χ0) is 16.9. The number of rotatable bonds is 7. The summed E-state index contributed by atoms with van der Waals surface area (Å²) < 4.78 is 25.3. The molecule has 0 aliphatic rings. The largest absolute Gasteiger partial charge is 0.352 e. The maximum atomic E-state index is 12.3. The first-order chi connectivity index (χ1) is 10.2. The van der Waals surface area contributed by atoms with Crippen LogP contribution in [0.1, 0.15) is 33.6 Å². The molecule has 124 valence electrons. The average molecular weight is 347 g/mol. The Morgan fingerprint density at radius 1 is 1.36 bits per heavy atom. The zero-order valence-corrected chi connectivity index (χ0v) is 14.9. The SMILES string of the molecule is CCC[C@H](C)NC(=O)[C@@H](C)N(c1cccc(Cl)c1)S(C)(=O)=O. The number of nitrogens with one attached hydrogen (secondary N) is 1. The molecule has 22 heavy (non-hydrogen) atoms. The quantitative estimate of drug-likeness (QED) is 0.825. The van der Waals surface area contributed by atoms with Gasteiger partial charge in [-0.15, -0.1) is 0 Å². The molecular weight excluding hydrogens is 324 g/mol. The van der Waals surface area contributed by atoms with E-state index in [0.717, 1.165) is 23.4 Å². The van der Waals surface area contributed by atoms with Crippen LogP contribution in [0, 0.1) is 0 Å². The van der Waals surface area contributed by atoms with Crippen molar-refractivity contribution in [2.45, 2.75) is 45.7 Å². The summed E-state index contributed by atoms with van der Waals surface area (Å²) in [5.74, 6) is -0.327. The first-order valence-corrected chi connectivity index (χ1v) is 9.44. The van der Waals surface area contributed by atoms with Gasteiger partial charge in [0, 0.05) is 11.1 Å². The molecule has 0 spiro atoms. The van der Waals surface area contributed by atoms with Crippen LogP contribution >= 0.6 is 11.6 Å². The molecule has 0 radical (unpaired) electrons. The maximum Gasteiger partial charge on any atom is 0.243 e. The fraction of sp³-hybridized carbons (Fsp3) is 0.533. The van der Waals surface area contributed by atoms with Crippen LogP contribution in [-0.4, -0.2) is 32.7 Å². The summed E-state index contributed by atoms with van der Waals surface area (Å²) in [6, 6.07) is 5.60. The van der Waals surface area contributed by atoms with Crippen LogP contribution in [0.15, 0.2) is 24.3 Å². The predicted molar refractivity (Wildman–Crippen MR) is 90.7 cm³/mol. The molecule has 1 N–H and O–H groups in total. The molecule has 0 saturated heterocycles. The highest BCUT2D eigenvalue weighted by atomic mass is 35.5. The Hall–Kier alpha value is -1.27. The molecule has 1 rings (SSSR count). The van der Waals surface area contributed by atoms with Crippen LogP contribution in [0.3, 0.4) is 0 Å². The van der Waals surface area contributed by atoms with Crippen LogP contribution < -0.4 is 9.62 Å². The number of halogens is 1. The Bertz CT molecular complexity index is 619. The van der Waals surface area contributed by atoms with Crippen LogP contribution in [0.4, 0.5) is 5.69 Å². The molecule has 0 aliphatic carbocycles. The summed E-state index contributed by atoms with van der Waals surface area (Å²) in [4.78, 5) is 12.3. The van der Waals surface area contributed by atoms with Gasteiger partial charge in [0.05, 0.1) is 11.9 Å². The number of sulfonamides is 1. The van der Waals surface area contributed by atoms with E-state index in [1.54, 1.807) is 25.1 Å². The van der Waals surface area contributed by atoms with Crippen molar-refractivity contribution in [2.24, 2.45) is 0 Å². The van der Waals surface area contributed by atoms with E-state index < -0.39 is 16.1 Å². The number of carbonyl (C=O) groups excluding carboxylic acids is 1. The first kappa shape index (κ1) is 18.8. The van der Waals surface area contributed by atoms with Gasteiger partial charge in [-0.2, -0.15) is 0 Å². The topological polar surface area (TPSA) is 66.5 Å². The molecule has 0 bridgehead atoms. The normalized spacial score (nSPS) is 14.2. The van der Waals surface area contributed by atoms with E-state index in [4.69, 9.17) is 11.6 Å². The average Bonchev–Trinajstić information content (AvgIpc) is 2.37. The van der Waals surface area contributed by atoms with Gasteiger partial charge >= 0.3 is 0 Å². The highest BCUT2D eigenvalue weighted by Crippen LogP contribution is 2.24. The highest BCUT2D eigenvalue weighted by Gasteiger charge is 2.29. The minimum absolute atomic E-state index is 0.000668. The second kappa shape index (κ2) is 7.83. The number of amides is 1. The van der Waals surface area contributed by atoms with Crippen LogP contribution in [-0.2, 0) is 14.8 Å². The van der Waals surface area contributed by atoms with Crippen molar-refractivity contribution >= 4 is 33.2 Å². The number of hydrogen-bond acceptors (Lipinski definition) is 3. The van der Waals surface area contributed by atoms with Gasteiger partial charge in [-0.25, -0.2) is 8.42 Å². The molecule has 0 heterocycles. The van der Waals surface area contributed by atoms with Gasteiger partial charge in [0.15, 0.2) is 0 Å². The van der Waals surface area contributed by atoms with Gasteiger partial charge in [-0.1, -0.05) is 31.0 Å². The Labute approximate surface area is 137 Å². The van der Waals surface area contributed by atoms with Gasteiger partial charge < -0.3 is 5.32 Å². The van der Waals surface area contributed by atoms with E-state index in [1.807, 2.05) is 13.8 Å². The maximum absolute atomic E-state index is 12.3. The van der Waals surface area contributed by atoms with Crippen molar-refractivity contribution in [3.63, 3.8) is 0 Å². The van der Waals surface area contributed by atoms with Crippen LogP contribution in [0.2, 0.25) is 5.02 Å². The Morgan fingerprint density at radius 3 is 2.50 bits per heavy atom. The third kappa shape index (κ3) is 5.18. The summed E-state index contributed by atoms with van der Waals surface area (Å²) in [6.07, 6.45) is 2.86. The lowest BCUT2D eigenvalue weighted by Gasteiger charge is -2.29. The lowest BCUT2D eigenvalue weighted by Crippen LogP contribution is -2.49. The van der Waals surface area contributed by atoms with E-state index in [9.17, 15) is 13.2 Å². The fourth-order valence-electron chi connectivity index (χ4n) is 2.29. The number of hydrogen-bond donors (Lipinski definition) is 1. The molecule has 0 fully saturated rings. The summed E-state index contributed by atoms with van der Waals surface area (Å²) in [5.41, 5.74) is 0.376. The van der Waals surface area contributed by atoms with E-state index in [2.05, 4.69) is 5.32 Å². The molecule has 1 aromatic carbocycles. The number of benzene rings is 1. The van der Waals surface area contributed by atoms with Crippen molar-refractivity contribution in [3.05, 3.63) is 29.3 Å². The Morgan fingerprint density at radius 2 is 2.00 bits per heavy atom. The Kier molecular flexibility index (Phi) is 6.68. The lowest BCUT2D eigenvalue weighted by atomic mass is 10.2. The number of anilines is 1. The molecule has 2 atom stereocenters. The third-order valence-corrected chi connectivity index (χ3v) is 4.74. The second-order valence-corrected chi connectivity index (χ2v) is 7.71. The summed E-state index contributed by atoms with van der Waals surface area (Å²) in [7, 11) is -3.61. The standard InChI is InChI=1S/C15H23ClN2O3S/c1-5-7-11(2)17-15(19)12(3)18(22(4,20)21)14-9-6-8-13(16)10-14/h6,8-12H,5,7H2,1-4H3,(H,17,19)/t11-,12+/m0/s1. The highest BCUT2D eigenvalue weighted by molar-refractivity contribution is 7.92. The molecule has 7 heteroatoms. The molecule has 0 aromatic heterocycles. The molecule has 0 unspecified atom stereocenters. The van der Waals surface area contributed by atoms with Gasteiger partial charge in [-0.05, 0) is 38.5 Å². The lowest BCUT2D eigenvalue weighted by molar-refractivity contribution is -0.122. The van der Waals surface area contributed by atoms with Crippen molar-refractivity contribution in [1.82, 2.24) is 5.32 Å². The smallest absolute Gasteiger partial charge is 0.243 e. The van der Waals surface area contributed by atoms with Crippen molar-refractivity contribution in [1.29, 1.82) is 0 Å². The zero-order valence-electron chi connectivity index (χ0n) is 13.3. The van der Waals surface area contributed by atoms with E-state index in [0.29, 0.717) is 10.7 Å². The number of nitrogens with zero attached hydrogens (tertiary/aromatic N) is 1. The first-order valence-electron chi connectivity index (χ1n) is 7.22. The molecule has 1 aromatic rings. The second-order valence-electron chi connectivity index (χ2n) is 5.41. The summed E-state index contributed by atoms with van der Waals surface area (Å²) in [5, 5.41) is 3.25.